The minimum atomic E-state index is 0.0675. The van der Waals surface area contributed by atoms with Gasteiger partial charge >= 0.3 is 0 Å². The monoisotopic (exact) mass is 385 g/mol. The van der Waals surface area contributed by atoms with E-state index in [1.807, 2.05) is 10.9 Å². The highest BCUT2D eigenvalue weighted by molar-refractivity contribution is 5.55. The van der Waals surface area contributed by atoms with Gasteiger partial charge in [0.2, 0.25) is 5.95 Å². The summed E-state index contributed by atoms with van der Waals surface area (Å²) < 4.78 is 7.62. The van der Waals surface area contributed by atoms with Crippen LogP contribution in [0.1, 0.15) is 59.4 Å². The maximum Gasteiger partial charge on any atom is 0.222 e. The summed E-state index contributed by atoms with van der Waals surface area (Å²) in [5, 5.41) is 15.7. The average Bonchev–Trinajstić information content (AvgIpc) is 3.30. The van der Waals surface area contributed by atoms with Gasteiger partial charge in [-0.25, -0.2) is 14.6 Å². The zero-order valence-electron chi connectivity index (χ0n) is 17.3. The topological polar surface area (TPSA) is 89.8 Å². The fourth-order valence-electron chi connectivity index (χ4n) is 4.60. The number of ether oxygens (including phenoxy) is 1. The van der Waals surface area contributed by atoms with Gasteiger partial charge in [0.15, 0.2) is 0 Å². The van der Waals surface area contributed by atoms with Crippen LogP contribution in [0.4, 0.5) is 5.95 Å². The Balaban J connectivity index is 1.42. The zero-order valence-corrected chi connectivity index (χ0v) is 17.3. The fraction of sp³-hybridized carbons (Fsp3) is 0.700. The second kappa shape index (κ2) is 7.40. The van der Waals surface area contributed by atoms with Gasteiger partial charge in [0.1, 0.15) is 5.69 Å². The van der Waals surface area contributed by atoms with Gasteiger partial charge in [-0.15, -0.1) is 5.10 Å². The highest BCUT2D eigenvalue weighted by atomic mass is 16.5. The van der Waals surface area contributed by atoms with Crippen molar-refractivity contribution in [2.45, 2.75) is 76.6 Å². The molecule has 2 aliphatic rings. The van der Waals surface area contributed by atoms with E-state index in [1.54, 1.807) is 12.4 Å². The summed E-state index contributed by atoms with van der Waals surface area (Å²) in [5.41, 5.74) is 1.82. The van der Waals surface area contributed by atoms with Gasteiger partial charge in [0.25, 0.3) is 0 Å². The van der Waals surface area contributed by atoms with Gasteiger partial charge in [-0.2, -0.15) is 0 Å². The van der Waals surface area contributed by atoms with Crippen molar-refractivity contribution in [3.05, 3.63) is 18.6 Å². The summed E-state index contributed by atoms with van der Waals surface area (Å²) in [6.45, 7) is 10.6. The van der Waals surface area contributed by atoms with Gasteiger partial charge in [-0.05, 0) is 53.4 Å². The first-order valence-electron chi connectivity index (χ1n) is 10.2. The third kappa shape index (κ3) is 4.50. The van der Waals surface area contributed by atoms with Crippen molar-refractivity contribution in [3.8, 4) is 11.3 Å². The molecule has 2 N–H and O–H groups in total. The number of hydrogen-bond donors (Lipinski definition) is 2. The van der Waals surface area contributed by atoms with E-state index in [-0.39, 0.29) is 17.2 Å². The van der Waals surface area contributed by atoms with Crippen molar-refractivity contribution in [2.24, 2.45) is 0 Å². The normalized spacial score (nSPS) is 24.4. The SMILES string of the molecule is CC1(C)CC(n2cc(-c3cnc(NC[C@H]4CCCO4)nc3)nn2)CC(C)(C)N1. The molecule has 4 rings (SSSR count). The molecule has 0 aliphatic carbocycles. The molecule has 152 valence electrons. The second-order valence-electron chi connectivity index (χ2n) is 9.35. The smallest absolute Gasteiger partial charge is 0.222 e. The largest absolute Gasteiger partial charge is 0.376 e. The Morgan fingerprint density at radius 1 is 1.18 bits per heavy atom. The van der Waals surface area contributed by atoms with E-state index in [9.17, 15) is 0 Å². The molecule has 1 atom stereocenters. The van der Waals surface area contributed by atoms with Gasteiger partial charge < -0.3 is 15.4 Å². The Kier molecular flexibility index (Phi) is 5.09. The lowest BCUT2D eigenvalue weighted by Crippen LogP contribution is -2.58. The molecule has 0 spiro atoms. The van der Waals surface area contributed by atoms with Crippen molar-refractivity contribution < 1.29 is 4.74 Å². The first-order chi connectivity index (χ1) is 13.3. The van der Waals surface area contributed by atoms with E-state index < -0.39 is 0 Å². The Bertz CT molecular complexity index is 777. The lowest BCUT2D eigenvalue weighted by Gasteiger charge is -2.46. The highest BCUT2D eigenvalue weighted by Gasteiger charge is 2.38. The zero-order chi connectivity index (χ0) is 19.8. The summed E-state index contributed by atoms with van der Waals surface area (Å²) in [5.74, 6) is 0.619. The molecule has 0 saturated carbocycles. The van der Waals surface area contributed by atoms with Crippen molar-refractivity contribution >= 4 is 5.95 Å². The van der Waals surface area contributed by atoms with E-state index in [0.717, 1.165) is 50.1 Å². The third-order valence-corrected chi connectivity index (χ3v) is 5.51. The Morgan fingerprint density at radius 2 is 1.89 bits per heavy atom. The minimum absolute atomic E-state index is 0.0675. The lowest BCUT2D eigenvalue weighted by molar-refractivity contribution is 0.120. The molecule has 2 aromatic rings. The van der Waals surface area contributed by atoms with Crippen molar-refractivity contribution in [1.82, 2.24) is 30.3 Å². The molecule has 28 heavy (non-hydrogen) atoms. The first kappa shape index (κ1) is 19.3. The molecule has 2 aliphatic heterocycles. The molecule has 0 unspecified atom stereocenters. The molecule has 0 radical (unpaired) electrons. The predicted molar refractivity (Wildman–Crippen MR) is 108 cm³/mol. The van der Waals surface area contributed by atoms with Gasteiger partial charge in [0, 0.05) is 42.2 Å². The standard InChI is InChI=1S/C20H31N7O/c1-19(2)8-15(9-20(3,4)25-19)27-13-17(24-26-27)14-10-21-18(22-11-14)23-12-16-6-5-7-28-16/h10-11,13,15-16,25H,5-9,12H2,1-4H3,(H,21,22,23)/t16-/m1/s1. The van der Waals surface area contributed by atoms with Crippen LogP contribution >= 0.6 is 0 Å². The summed E-state index contributed by atoms with van der Waals surface area (Å²) in [6.07, 6.45) is 10.1. The maximum absolute atomic E-state index is 5.61. The number of nitrogens with zero attached hydrogens (tertiary/aromatic N) is 5. The van der Waals surface area contributed by atoms with Gasteiger partial charge in [0.05, 0.1) is 18.3 Å². The van der Waals surface area contributed by atoms with Crippen LogP contribution in [0.3, 0.4) is 0 Å². The maximum atomic E-state index is 5.61. The van der Waals surface area contributed by atoms with E-state index in [0.29, 0.717) is 12.0 Å². The van der Waals surface area contributed by atoms with Crippen LogP contribution in [0.5, 0.6) is 0 Å². The third-order valence-electron chi connectivity index (χ3n) is 5.51. The van der Waals surface area contributed by atoms with Gasteiger partial charge in [-0.1, -0.05) is 5.21 Å². The molecule has 0 amide bonds. The van der Waals surface area contributed by atoms with Crippen LogP contribution in [-0.4, -0.2) is 55.3 Å². The molecule has 0 bridgehead atoms. The van der Waals surface area contributed by atoms with Crippen LogP contribution in [0.25, 0.3) is 11.3 Å². The summed E-state index contributed by atoms with van der Waals surface area (Å²) in [4.78, 5) is 8.84. The minimum Gasteiger partial charge on any atom is -0.376 e. The molecule has 8 heteroatoms. The molecular formula is C20H31N7O. The average molecular weight is 386 g/mol. The Hall–Kier alpha value is -2.06. The highest BCUT2D eigenvalue weighted by Crippen LogP contribution is 2.35. The lowest BCUT2D eigenvalue weighted by atomic mass is 9.80. The Labute approximate surface area is 166 Å². The van der Waals surface area contributed by atoms with Crippen LogP contribution in [0.2, 0.25) is 0 Å². The number of anilines is 1. The van der Waals surface area contributed by atoms with Crippen LogP contribution < -0.4 is 10.6 Å². The fourth-order valence-corrected chi connectivity index (χ4v) is 4.60. The molecular weight excluding hydrogens is 354 g/mol. The molecule has 2 fully saturated rings. The molecule has 4 heterocycles. The molecule has 2 saturated heterocycles. The number of nitrogens with one attached hydrogen (secondary N) is 2. The van der Waals surface area contributed by atoms with E-state index in [1.165, 1.54) is 0 Å². The molecule has 2 aromatic heterocycles. The van der Waals surface area contributed by atoms with E-state index >= 15 is 0 Å². The van der Waals surface area contributed by atoms with Crippen molar-refractivity contribution in [3.63, 3.8) is 0 Å². The first-order valence-corrected chi connectivity index (χ1v) is 10.2. The number of rotatable bonds is 5. The van der Waals surface area contributed by atoms with Crippen molar-refractivity contribution in [1.29, 1.82) is 0 Å². The van der Waals surface area contributed by atoms with Gasteiger partial charge in [-0.3, -0.25) is 0 Å². The van der Waals surface area contributed by atoms with Crippen molar-refractivity contribution in [2.75, 3.05) is 18.5 Å². The number of hydrogen-bond acceptors (Lipinski definition) is 7. The van der Waals surface area contributed by atoms with Crippen LogP contribution in [0, 0.1) is 0 Å². The summed E-state index contributed by atoms with van der Waals surface area (Å²) in [7, 11) is 0. The molecule has 0 aromatic carbocycles. The summed E-state index contributed by atoms with van der Waals surface area (Å²) >= 11 is 0. The number of piperidine rings is 1. The number of aromatic nitrogens is 5. The Morgan fingerprint density at radius 3 is 2.54 bits per heavy atom. The summed E-state index contributed by atoms with van der Waals surface area (Å²) in [6, 6.07) is 0.320. The van der Waals surface area contributed by atoms with Crippen LogP contribution in [-0.2, 0) is 4.74 Å². The second-order valence-corrected chi connectivity index (χ2v) is 9.35. The van der Waals surface area contributed by atoms with E-state index in [2.05, 4.69) is 58.6 Å². The predicted octanol–water partition coefficient (Wildman–Crippen LogP) is 2.81. The van der Waals surface area contributed by atoms with Crippen LogP contribution in [0.15, 0.2) is 18.6 Å². The van der Waals surface area contributed by atoms with E-state index in [4.69, 9.17) is 4.74 Å². The quantitative estimate of drug-likeness (QED) is 0.818. The molecule has 8 nitrogen and oxygen atoms in total.